The van der Waals surface area contributed by atoms with Crippen LogP contribution in [0.4, 0.5) is 14.5 Å². The summed E-state index contributed by atoms with van der Waals surface area (Å²) in [6.45, 7) is 1.97. The molecule has 0 saturated carbocycles. The lowest BCUT2D eigenvalue weighted by Gasteiger charge is -2.17. The van der Waals surface area contributed by atoms with E-state index in [9.17, 15) is 23.2 Å². The van der Waals surface area contributed by atoms with Crippen LogP contribution in [0, 0.1) is 17.6 Å². The first-order chi connectivity index (χ1) is 10.9. The molecule has 1 aromatic carbocycles. The van der Waals surface area contributed by atoms with Gasteiger partial charge in [-0.25, -0.2) is 8.78 Å². The second-order valence-corrected chi connectivity index (χ2v) is 5.31. The summed E-state index contributed by atoms with van der Waals surface area (Å²) >= 11 is 0. The number of nitrogens with zero attached hydrogens (tertiary/aromatic N) is 1. The third-order valence-corrected chi connectivity index (χ3v) is 3.45. The Kier molecular flexibility index (Phi) is 5.25. The summed E-state index contributed by atoms with van der Waals surface area (Å²) in [7, 11) is 0. The fourth-order valence-electron chi connectivity index (χ4n) is 2.40. The molecule has 0 spiro atoms. The number of hydrogen-bond acceptors (Lipinski definition) is 3. The van der Waals surface area contributed by atoms with Gasteiger partial charge >= 0.3 is 0 Å². The lowest BCUT2D eigenvalue weighted by Crippen LogP contribution is -2.38. The van der Waals surface area contributed by atoms with Crippen LogP contribution in [0.1, 0.15) is 13.3 Å². The summed E-state index contributed by atoms with van der Waals surface area (Å²) in [4.78, 5) is 35.9. The molecular formula is C15H17F2N3O3. The van der Waals surface area contributed by atoms with Crippen LogP contribution < -0.4 is 15.5 Å². The molecule has 0 radical (unpaired) electrons. The second kappa shape index (κ2) is 7.17. The van der Waals surface area contributed by atoms with E-state index in [0.29, 0.717) is 6.54 Å². The molecule has 2 N–H and O–H groups in total. The summed E-state index contributed by atoms with van der Waals surface area (Å²) in [6.07, 6.45) is -0.0237. The summed E-state index contributed by atoms with van der Waals surface area (Å²) < 4.78 is 26.5. The first-order valence-corrected chi connectivity index (χ1v) is 7.15. The van der Waals surface area contributed by atoms with Crippen molar-refractivity contribution in [2.75, 3.05) is 24.5 Å². The zero-order valence-corrected chi connectivity index (χ0v) is 12.6. The standard InChI is InChI=1S/C15H17F2N3O3/c1-9(21)18-2-3-19-15(23)10-4-14(22)20(8-10)13-6-11(16)5-12(17)7-13/h5-7,10H,2-4,8H2,1H3,(H,18,21)(H,19,23)/t10-/m0/s1. The molecule has 6 nitrogen and oxygen atoms in total. The average molecular weight is 325 g/mol. The van der Waals surface area contributed by atoms with E-state index in [1.165, 1.54) is 11.8 Å². The Bertz CT molecular complexity index is 616. The lowest BCUT2D eigenvalue weighted by molar-refractivity contribution is -0.126. The first-order valence-electron chi connectivity index (χ1n) is 7.15. The maximum atomic E-state index is 13.2. The SMILES string of the molecule is CC(=O)NCCNC(=O)[C@H]1CC(=O)N(c2cc(F)cc(F)c2)C1. The van der Waals surface area contributed by atoms with E-state index in [-0.39, 0.29) is 42.9 Å². The Morgan fingerprint density at radius 3 is 2.39 bits per heavy atom. The van der Waals surface area contributed by atoms with Crippen LogP contribution in [0.5, 0.6) is 0 Å². The molecule has 1 saturated heterocycles. The molecule has 1 aromatic rings. The Labute approximate surface area is 131 Å². The van der Waals surface area contributed by atoms with Gasteiger partial charge in [0.2, 0.25) is 17.7 Å². The van der Waals surface area contributed by atoms with Crippen molar-refractivity contribution in [1.29, 1.82) is 0 Å². The van der Waals surface area contributed by atoms with Crippen molar-refractivity contribution in [3.05, 3.63) is 29.8 Å². The first kappa shape index (κ1) is 16.9. The minimum atomic E-state index is -0.781. The molecule has 0 bridgehead atoms. The van der Waals surface area contributed by atoms with Crippen LogP contribution in [0.25, 0.3) is 0 Å². The molecule has 0 unspecified atom stereocenters. The Balaban J connectivity index is 1.94. The minimum Gasteiger partial charge on any atom is -0.355 e. The molecule has 23 heavy (non-hydrogen) atoms. The predicted molar refractivity (Wildman–Crippen MR) is 78.5 cm³/mol. The molecule has 1 fully saturated rings. The van der Waals surface area contributed by atoms with E-state index >= 15 is 0 Å². The highest BCUT2D eigenvalue weighted by atomic mass is 19.1. The van der Waals surface area contributed by atoms with Crippen molar-refractivity contribution in [2.24, 2.45) is 5.92 Å². The van der Waals surface area contributed by atoms with E-state index in [1.54, 1.807) is 0 Å². The van der Waals surface area contributed by atoms with Crippen LogP contribution in [-0.2, 0) is 14.4 Å². The van der Waals surface area contributed by atoms with Crippen molar-refractivity contribution < 1.29 is 23.2 Å². The van der Waals surface area contributed by atoms with Gasteiger partial charge in [-0.05, 0) is 12.1 Å². The van der Waals surface area contributed by atoms with Crippen molar-refractivity contribution in [1.82, 2.24) is 10.6 Å². The van der Waals surface area contributed by atoms with Gasteiger partial charge in [0.25, 0.3) is 0 Å². The van der Waals surface area contributed by atoms with Crippen LogP contribution in [0.3, 0.4) is 0 Å². The van der Waals surface area contributed by atoms with Crippen molar-refractivity contribution >= 4 is 23.4 Å². The fourth-order valence-corrected chi connectivity index (χ4v) is 2.40. The summed E-state index contributed by atoms with van der Waals surface area (Å²) in [5, 5.41) is 5.15. The zero-order chi connectivity index (χ0) is 17.0. The van der Waals surface area contributed by atoms with E-state index in [1.807, 2.05) is 0 Å². The van der Waals surface area contributed by atoms with E-state index < -0.39 is 17.6 Å². The molecule has 1 aliphatic heterocycles. The monoisotopic (exact) mass is 325 g/mol. The number of carbonyl (C=O) groups excluding carboxylic acids is 3. The summed E-state index contributed by atoms with van der Waals surface area (Å²) in [5.74, 6) is -3.05. The lowest BCUT2D eigenvalue weighted by atomic mass is 10.1. The maximum absolute atomic E-state index is 13.2. The molecule has 0 aromatic heterocycles. The highest BCUT2D eigenvalue weighted by Crippen LogP contribution is 2.26. The highest BCUT2D eigenvalue weighted by molar-refractivity contribution is 6.00. The van der Waals surface area contributed by atoms with Crippen LogP contribution in [0.15, 0.2) is 18.2 Å². The number of rotatable bonds is 5. The molecule has 1 heterocycles. The third kappa shape index (κ3) is 4.48. The minimum absolute atomic E-state index is 0.0237. The number of amides is 3. The molecule has 1 aliphatic rings. The van der Waals surface area contributed by atoms with Gasteiger partial charge in [0, 0.05) is 44.7 Å². The number of carbonyl (C=O) groups is 3. The zero-order valence-electron chi connectivity index (χ0n) is 12.6. The maximum Gasteiger partial charge on any atom is 0.227 e. The number of hydrogen-bond donors (Lipinski definition) is 2. The number of benzene rings is 1. The van der Waals surface area contributed by atoms with Gasteiger partial charge in [0.15, 0.2) is 0 Å². The number of anilines is 1. The van der Waals surface area contributed by atoms with Crippen LogP contribution in [-0.4, -0.2) is 37.4 Å². The molecular weight excluding hydrogens is 308 g/mol. The normalized spacial score (nSPS) is 17.3. The Morgan fingerprint density at radius 1 is 1.17 bits per heavy atom. The van der Waals surface area contributed by atoms with Gasteiger partial charge in [0.05, 0.1) is 5.92 Å². The van der Waals surface area contributed by atoms with E-state index in [2.05, 4.69) is 10.6 Å². The molecule has 1 atom stereocenters. The van der Waals surface area contributed by atoms with E-state index in [0.717, 1.165) is 18.2 Å². The molecule has 124 valence electrons. The van der Waals surface area contributed by atoms with Gasteiger partial charge < -0.3 is 15.5 Å². The smallest absolute Gasteiger partial charge is 0.227 e. The summed E-state index contributed by atoms with van der Waals surface area (Å²) in [5.41, 5.74) is 0.0982. The van der Waals surface area contributed by atoms with Gasteiger partial charge in [-0.15, -0.1) is 0 Å². The van der Waals surface area contributed by atoms with Crippen LogP contribution in [0.2, 0.25) is 0 Å². The average Bonchev–Trinajstić information content (AvgIpc) is 2.84. The van der Waals surface area contributed by atoms with Crippen LogP contribution >= 0.6 is 0 Å². The number of nitrogens with one attached hydrogen (secondary N) is 2. The van der Waals surface area contributed by atoms with Crippen molar-refractivity contribution in [2.45, 2.75) is 13.3 Å². The largest absolute Gasteiger partial charge is 0.355 e. The van der Waals surface area contributed by atoms with Gasteiger partial charge in [0.1, 0.15) is 11.6 Å². The van der Waals surface area contributed by atoms with Gasteiger partial charge in [-0.3, -0.25) is 14.4 Å². The Hall–Kier alpha value is -2.51. The van der Waals surface area contributed by atoms with Gasteiger partial charge in [-0.1, -0.05) is 0 Å². The highest BCUT2D eigenvalue weighted by Gasteiger charge is 2.35. The number of halogens is 2. The fraction of sp³-hybridized carbons (Fsp3) is 0.400. The predicted octanol–water partition coefficient (Wildman–Crippen LogP) is 0.570. The Morgan fingerprint density at radius 2 is 1.78 bits per heavy atom. The van der Waals surface area contributed by atoms with Gasteiger partial charge in [-0.2, -0.15) is 0 Å². The molecule has 8 heteroatoms. The van der Waals surface area contributed by atoms with Crippen molar-refractivity contribution in [3.63, 3.8) is 0 Å². The topological polar surface area (TPSA) is 78.5 Å². The van der Waals surface area contributed by atoms with E-state index in [4.69, 9.17) is 0 Å². The second-order valence-electron chi connectivity index (χ2n) is 5.31. The molecule has 3 amide bonds. The molecule has 0 aliphatic carbocycles. The third-order valence-electron chi connectivity index (χ3n) is 3.45. The summed E-state index contributed by atoms with van der Waals surface area (Å²) in [6, 6.07) is 2.83. The molecule has 2 rings (SSSR count). The quantitative estimate of drug-likeness (QED) is 0.777. The van der Waals surface area contributed by atoms with Crippen molar-refractivity contribution in [3.8, 4) is 0 Å².